The third-order valence-electron chi connectivity index (χ3n) is 3.55. The van der Waals surface area contributed by atoms with E-state index >= 15 is 0 Å². The summed E-state index contributed by atoms with van der Waals surface area (Å²) in [6, 6.07) is 9.72. The largest absolute Gasteiger partial charge is 0.493 e. The predicted octanol–water partition coefficient (Wildman–Crippen LogP) is 3.72. The van der Waals surface area contributed by atoms with E-state index in [1.54, 1.807) is 0 Å². The van der Waals surface area contributed by atoms with Gasteiger partial charge in [0.1, 0.15) is 5.75 Å². The van der Waals surface area contributed by atoms with Crippen molar-refractivity contribution < 1.29 is 17.9 Å². The van der Waals surface area contributed by atoms with Gasteiger partial charge in [0, 0.05) is 24.6 Å². The van der Waals surface area contributed by atoms with Crippen LogP contribution in [-0.2, 0) is 6.54 Å². The molecule has 1 unspecified atom stereocenters. The lowest BCUT2D eigenvalue weighted by atomic mass is 10.0. The minimum absolute atomic E-state index is 0.0473. The van der Waals surface area contributed by atoms with Crippen LogP contribution in [0.2, 0.25) is 0 Å². The van der Waals surface area contributed by atoms with Crippen molar-refractivity contribution in [1.82, 2.24) is 5.32 Å². The molecule has 0 aliphatic carbocycles. The lowest BCUT2D eigenvalue weighted by Crippen LogP contribution is -2.26. The van der Waals surface area contributed by atoms with Crippen molar-refractivity contribution in [2.24, 2.45) is 0 Å². The highest BCUT2D eigenvalue weighted by molar-refractivity contribution is 5.37. The lowest BCUT2D eigenvalue weighted by Gasteiger charge is -2.26. The quantitative estimate of drug-likeness (QED) is 0.871. The number of hydrogen-bond donors (Lipinski definition) is 1. The molecule has 0 saturated carbocycles. The van der Waals surface area contributed by atoms with E-state index in [1.807, 2.05) is 24.3 Å². The highest BCUT2D eigenvalue weighted by Crippen LogP contribution is 2.31. The van der Waals surface area contributed by atoms with Crippen molar-refractivity contribution >= 4 is 0 Å². The van der Waals surface area contributed by atoms with Gasteiger partial charge < -0.3 is 10.1 Å². The molecule has 0 aromatic heterocycles. The predicted molar refractivity (Wildman–Crippen MR) is 72.5 cm³/mol. The smallest absolute Gasteiger partial charge is 0.194 e. The maximum absolute atomic E-state index is 13.2. The Morgan fingerprint density at radius 1 is 1.10 bits per heavy atom. The van der Waals surface area contributed by atoms with E-state index in [0.717, 1.165) is 29.9 Å². The molecule has 2 nitrogen and oxygen atoms in total. The van der Waals surface area contributed by atoms with Crippen LogP contribution < -0.4 is 10.1 Å². The fourth-order valence-electron chi connectivity index (χ4n) is 2.51. The van der Waals surface area contributed by atoms with E-state index in [9.17, 15) is 13.2 Å². The number of para-hydroxylation sites is 1. The number of halogens is 3. The summed E-state index contributed by atoms with van der Waals surface area (Å²) >= 11 is 0. The van der Waals surface area contributed by atoms with Crippen molar-refractivity contribution in [1.29, 1.82) is 0 Å². The SMILES string of the molecule is Fc1cc(CNC2CCOc3ccccc32)cc(F)c1F. The summed E-state index contributed by atoms with van der Waals surface area (Å²) in [4.78, 5) is 0. The molecular weight excluding hydrogens is 279 g/mol. The first-order valence-corrected chi connectivity index (χ1v) is 6.73. The first-order chi connectivity index (χ1) is 10.1. The van der Waals surface area contributed by atoms with E-state index in [4.69, 9.17) is 4.74 Å². The Morgan fingerprint density at radius 3 is 2.57 bits per heavy atom. The van der Waals surface area contributed by atoms with Crippen LogP contribution in [0.4, 0.5) is 13.2 Å². The molecule has 5 heteroatoms. The second kappa shape index (κ2) is 5.77. The normalized spacial score (nSPS) is 17.2. The van der Waals surface area contributed by atoms with Gasteiger partial charge in [-0.1, -0.05) is 18.2 Å². The van der Waals surface area contributed by atoms with E-state index in [1.165, 1.54) is 0 Å². The summed E-state index contributed by atoms with van der Waals surface area (Å²) in [6.07, 6.45) is 0.767. The summed E-state index contributed by atoms with van der Waals surface area (Å²) in [5, 5.41) is 3.23. The first kappa shape index (κ1) is 13.9. The van der Waals surface area contributed by atoms with Crippen molar-refractivity contribution in [3.8, 4) is 5.75 Å². The molecule has 1 aliphatic heterocycles. The molecule has 2 aromatic rings. The van der Waals surface area contributed by atoms with Gasteiger partial charge in [-0.15, -0.1) is 0 Å². The highest BCUT2D eigenvalue weighted by Gasteiger charge is 2.20. The molecule has 1 aliphatic rings. The molecule has 2 aromatic carbocycles. The molecular formula is C16H14F3NO. The van der Waals surface area contributed by atoms with Gasteiger partial charge in [0.15, 0.2) is 17.5 Å². The average molecular weight is 293 g/mol. The van der Waals surface area contributed by atoms with Crippen LogP contribution in [0.5, 0.6) is 5.75 Å². The fourth-order valence-corrected chi connectivity index (χ4v) is 2.51. The second-order valence-electron chi connectivity index (χ2n) is 4.98. The standard InChI is InChI=1S/C16H14F3NO/c17-12-7-10(8-13(18)16(12)19)9-20-14-5-6-21-15-4-2-1-3-11(14)15/h1-4,7-8,14,20H,5-6,9H2. The first-order valence-electron chi connectivity index (χ1n) is 6.73. The number of nitrogens with one attached hydrogen (secondary N) is 1. The monoisotopic (exact) mass is 293 g/mol. The third-order valence-corrected chi connectivity index (χ3v) is 3.55. The highest BCUT2D eigenvalue weighted by atomic mass is 19.2. The van der Waals surface area contributed by atoms with Crippen LogP contribution in [0.3, 0.4) is 0 Å². The summed E-state index contributed by atoms with van der Waals surface area (Å²) < 4.78 is 44.8. The zero-order valence-corrected chi connectivity index (χ0v) is 11.2. The van der Waals surface area contributed by atoms with Gasteiger partial charge in [0.05, 0.1) is 6.61 Å². The molecule has 21 heavy (non-hydrogen) atoms. The zero-order chi connectivity index (χ0) is 14.8. The van der Waals surface area contributed by atoms with Gasteiger partial charge in [0.25, 0.3) is 0 Å². The number of hydrogen-bond acceptors (Lipinski definition) is 2. The van der Waals surface area contributed by atoms with E-state index in [0.29, 0.717) is 12.2 Å². The van der Waals surface area contributed by atoms with E-state index in [2.05, 4.69) is 5.32 Å². The second-order valence-corrected chi connectivity index (χ2v) is 4.98. The topological polar surface area (TPSA) is 21.3 Å². The van der Waals surface area contributed by atoms with Crippen LogP contribution >= 0.6 is 0 Å². The van der Waals surface area contributed by atoms with Crippen LogP contribution in [0.15, 0.2) is 36.4 Å². The average Bonchev–Trinajstić information content (AvgIpc) is 2.50. The Balaban J connectivity index is 1.74. The molecule has 0 saturated heterocycles. The van der Waals surface area contributed by atoms with Crippen LogP contribution in [0.25, 0.3) is 0 Å². The Labute approximate surface area is 120 Å². The number of benzene rings is 2. The molecule has 1 N–H and O–H groups in total. The molecule has 1 heterocycles. The molecule has 1 atom stereocenters. The van der Waals surface area contributed by atoms with E-state index < -0.39 is 17.5 Å². The van der Waals surface area contributed by atoms with E-state index in [-0.39, 0.29) is 12.6 Å². The summed E-state index contributed by atoms with van der Waals surface area (Å²) in [5.41, 5.74) is 1.39. The molecule has 0 bridgehead atoms. The summed E-state index contributed by atoms with van der Waals surface area (Å²) in [6.45, 7) is 0.841. The minimum Gasteiger partial charge on any atom is -0.493 e. The number of rotatable bonds is 3. The van der Waals surface area contributed by atoms with Gasteiger partial charge in [-0.3, -0.25) is 0 Å². The summed E-state index contributed by atoms with van der Waals surface area (Å²) in [7, 11) is 0. The van der Waals surface area contributed by atoms with Gasteiger partial charge in [-0.05, 0) is 23.8 Å². The van der Waals surface area contributed by atoms with Crippen molar-refractivity contribution in [2.45, 2.75) is 19.0 Å². The molecule has 0 amide bonds. The number of ether oxygens (including phenoxy) is 1. The Bertz CT molecular complexity index is 637. The van der Waals surface area contributed by atoms with Crippen molar-refractivity contribution in [2.75, 3.05) is 6.61 Å². The van der Waals surface area contributed by atoms with Gasteiger partial charge in [-0.2, -0.15) is 0 Å². The zero-order valence-electron chi connectivity index (χ0n) is 11.2. The molecule has 110 valence electrons. The molecule has 0 fully saturated rings. The minimum atomic E-state index is -1.44. The maximum Gasteiger partial charge on any atom is 0.194 e. The van der Waals surface area contributed by atoms with Crippen LogP contribution in [-0.4, -0.2) is 6.61 Å². The lowest BCUT2D eigenvalue weighted by molar-refractivity contribution is 0.252. The number of fused-ring (bicyclic) bond motifs is 1. The van der Waals surface area contributed by atoms with Crippen LogP contribution in [0.1, 0.15) is 23.6 Å². The Morgan fingerprint density at radius 2 is 1.81 bits per heavy atom. The van der Waals surface area contributed by atoms with Gasteiger partial charge >= 0.3 is 0 Å². The fraction of sp³-hybridized carbons (Fsp3) is 0.250. The molecule has 0 radical (unpaired) electrons. The van der Waals surface area contributed by atoms with Gasteiger partial charge in [-0.25, -0.2) is 13.2 Å². The summed E-state index contributed by atoms with van der Waals surface area (Å²) in [5.74, 6) is -2.95. The Hall–Kier alpha value is -2.01. The Kier molecular flexibility index (Phi) is 3.84. The third kappa shape index (κ3) is 2.88. The van der Waals surface area contributed by atoms with Crippen LogP contribution in [0, 0.1) is 17.5 Å². The van der Waals surface area contributed by atoms with Gasteiger partial charge in [0.2, 0.25) is 0 Å². The molecule has 0 spiro atoms. The van der Waals surface area contributed by atoms with Crippen molar-refractivity contribution in [3.05, 3.63) is 65.0 Å². The van der Waals surface area contributed by atoms with Crippen molar-refractivity contribution in [3.63, 3.8) is 0 Å². The molecule has 3 rings (SSSR count). The maximum atomic E-state index is 13.2.